The summed E-state index contributed by atoms with van der Waals surface area (Å²) in [6, 6.07) is 11.0. The maximum atomic E-state index is 12.5. The molecule has 108 valence electrons. The molecule has 1 aromatic carbocycles. The quantitative estimate of drug-likeness (QED) is 0.935. The molecule has 3 rings (SSSR count). The summed E-state index contributed by atoms with van der Waals surface area (Å²) in [5.74, 6) is -0.134. The summed E-state index contributed by atoms with van der Waals surface area (Å²) in [6.45, 7) is 0.149. The maximum absolute atomic E-state index is 12.5. The van der Waals surface area contributed by atoms with Crippen molar-refractivity contribution in [3.8, 4) is 5.75 Å². The van der Waals surface area contributed by atoms with Gasteiger partial charge in [-0.15, -0.1) is 11.3 Å². The highest BCUT2D eigenvalue weighted by atomic mass is 32.1. The second-order valence-electron chi connectivity index (χ2n) is 4.74. The number of benzene rings is 1. The lowest BCUT2D eigenvalue weighted by atomic mass is 10.1. The van der Waals surface area contributed by atoms with Gasteiger partial charge >= 0.3 is 0 Å². The number of nitrogens with zero attached hydrogens (tertiary/aromatic N) is 1. The number of hydrogen-bond acceptors (Lipinski definition) is 4. The van der Waals surface area contributed by atoms with Crippen molar-refractivity contribution in [3.05, 3.63) is 46.7 Å². The van der Waals surface area contributed by atoms with Gasteiger partial charge in [-0.3, -0.25) is 9.59 Å². The first-order chi connectivity index (χ1) is 10.1. The van der Waals surface area contributed by atoms with E-state index in [2.05, 4.69) is 0 Å². The molecular formula is C15H14N2O3S. The number of carbonyl (C=O) groups excluding carboxylic acids is 2. The van der Waals surface area contributed by atoms with Crippen LogP contribution in [0.15, 0.2) is 41.8 Å². The van der Waals surface area contributed by atoms with Crippen LogP contribution in [0.25, 0.3) is 0 Å². The summed E-state index contributed by atoms with van der Waals surface area (Å²) in [4.78, 5) is 26.5. The smallest absolute Gasteiger partial charge is 0.260 e. The largest absolute Gasteiger partial charge is 0.477 e. The maximum Gasteiger partial charge on any atom is 0.260 e. The molecule has 0 saturated heterocycles. The molecule has 2 N–H and O–H groups in total. The van der Waals surface area contributed by atoms with Gasteiger partial charge in [0.15, 0.2) is 6.10 Å². The van der Waals surface area contributed by atoms with Crippen molar-refractivity contribution in [2.75, 3.05) is 11.4 Å². The molecule has 1 aromatic heterocycles. The monoisotopic (exact) mass is 302 g/mol. The molecule has 0 spiro atoms. The lowest BCUT2D eigenvalue weighted by Crippen LogP contribution is -2.49. The second-order valence-corrected chi connectivity index (χ2v) is 5.77. The minimum atomic E-state index is -0.813. The molecule has 0 unspecified atom stereocenters. The summed E-state index contributed by atoms with van der Waals surface area (Å²) >= 11 is 1.53. The van der Waals surface area contributed by atoms with E-state index < -0.39 is 12.0 Å². The van der Waals surface area contributed by atoms with E-state index in [9.17, 15) is 9.59 Å². The fraction of sp³-hybridized carbons (Fsp3) is 0.200. The van der Waals surface area contributed by atoms with Crippen molar-refractivity contribution in [1.29, 1.82) is 0 Å². The van der Waals surface area contributed by atoms with Crippen LogP contribution in [0.5, 0.6) is 5.75 Å². The molecular weight excluding hydrogens is 288 g/mol. The number of thiophene rings is 1. The van der Waals surface area contributed by atoms with E-state index in [4.69, 9.17) is 10.5 Å². The zero-order valence-electron chi connectivity index (χ0n) is 11.2. The minimum absolute atomic E-state index is 0.0700. The van der Waals surface area contributed by atoms with Gasteiger partial charge in [-0.25, -0.2) is 0 Å². The summed E-state index contributed by atoms with van der Waals surface area (Å²) in [7, 11) is 0. The fourth-order valence-electron chi connectivity index (χ4n) is 2.28. The minimum Gasteiger partial charge on any atom is -0.477 e. The second kappa shape index (κ2) is 5.57. The summed E-state index contributed by atoms with van der Waals surface area (Å²) < 4.78 is 5.54. The van der Waals surface area contributed by atoms with Crippen molar-refractivity contribution in [2.45, 2.75) is 12.5 Å². The normalized spacial score (nSPS) is 17.0. The lowest BCUT2D eigenvalue weighted by Gasteiger charge is -2.33. The first-order valence-electron chi connectivity index (χ1n) is 6.53. The molecule has 2 aromatic rings. The fourth-order valence-corrected chi connectivity index (χ4v) is 2.97. The summed E-state index contributed by atoms with van der Waals surface area (Å²) in [5.41, 5.74) is 6.00. The van der Waals surface area contributed by atoms with Gasteiger partial charge in [0.2, 0.25) is 5.91 Å². The Morgan fingerprint density at radius 2 is 2.10 bits per heavy atom. The highest BCUT2D eigenvalue weighted by Crippen LogP contribution is 2.33. The van der Waals surface area contributed by atoms with E-state index in [-0.39, 0.29) is 12.5 Å². The molecule has 21 heavy (non-hydrogen) atoms. The average Bonchev–Trinajstić information content (AvgIpc) is 2.98. The third-order valence-electron chi connectivity index (χ3n) is 3.30. The van der Waals surface area contributed by atoms with Gasteiger partial charge in [-0.2, -0.15) is 0 Å². The number of rotatable bonds is 3. The molecule has 1 aliphatic rings. The van der Waals surface area contributed by atoms with Gasteiger partial charge in [0.05, 0.1) is 18.7 Å². The highest BCUT2D eigenvalue weighted by molar-refractivity contribution is 7.10. The number of nitrogens with two attached hydrogens (primary N) is 1. The van der Waals surface area contributed by atoms with E-state index in [0.29, 0.717) is 17.9 Å². The predicted molar refractivity (Wildman–Crippen MR) is 80.4 cm³/mol. The molecule has 0 fully saturated rings. The summed E-state index contributed by atoms with van der Waals surface area (Å²) in [6.07, 6.45) is -0.510. The van der Waals surface area contributed by atoms with Gasteiger partial charge in [0.25, 0.3) is 5.91 Å². The van der Waals surface area contributed by atoms with Crippen LogP contribution in [0.1, 0.15) is 4.88 Å². The van der Waals surface area contributed by atoms with Crippen molar-refractivity contribution in [1.82, 2.24) is 0 Å². The molecule has 1 atom stereocenters. The van der Waals surface area contributed by atoms with Crippen LogP contribution < -0.4 is 15.4 Å². The third kappa shape index (κ3) is 2.75. The van der Waals surface area contributed by atoms with E-state index in [1.54, 1.807) is 23.1 Å². The van der Waals surface area contributed by atoms with Crippen molar-refractivity contribution in [3.63, 3.8) is 0 Å². The SMILES string of the molecule is NC(=O)[C@@H]1CN(C(=O)Cc2cccs2)c2ccccc2O1. The Balaban J connectivity index is 1.89. The van der Waals surface area contributed by atoms with Crippen LogP contribution in [0.3, 0.4) is 0 Å². The lowest BCUT2D eigenvalue weighted by molar-refractivity contribution is -0.125. The Bertz CT molecular complexity index is 669. The van der Waals surface area contributed by atoms with Gasteiger partial charge in [-0.1, -0.05) is 18.2 Å². The van der Waals surface area contributed by atoms with Crippen LogP contribution in [0, 0.1) is 0 Å². The van der Waals surface area contributed by atoms with Gasteiger partial charge in [-0.05, 0) is 23.6 Å². The molecule has 0 bridgehead atoms. The number of hydrogen-bond donors (Lipinski definition) is 1. The predicted octanol–water partition coefficient (Wildman–Crippen LogP) is 1.57. The van der Waals surface area contributed by atoms with E-state index in [1.165, 1.54) is 11.3 Å². The molecule has 6 heteroatoms. The first-order valence-corrected chi connectivity index (χ1v) is 7.41. The van der Waals surface area contributed by atoms with Gasteiger partial charge in [0, 0.05) is 4.88 Å². The van der Waals surface area contributed by atoms with Crippen molar-refractivity contribution < 1.29 is 14.3 Å². The highest BCUT2D eigenvalue weighted by Gasteiger charge is 2.32. The van der Waals surface area contributed by atoms with Crippen molar-refractivity contribution in [2.24, 2.45) is 5.73 Å². The van der Waals surface area contributed by atoms with E-state index in [1.807, 2.05) is 23.6 Å². The molecule has 2 amide bonds. The van der Waals surface area contributed by atoms with Gasteiger partial charge in [0.1, 0.15) is 5.75 Å². The first kappa shape index (κ1) is 13.6. The molecule has 0 aliphatic carbocycles. The average molecular weight is 302 g/mol. The summed E-state index contributed by atoms with van der Waals surface area (Å²) in [5, 5.41) is 1.93. The topological polar surface area (TPSA) is 72.6 Å². The van der Waals surface area contributed by atoms with Crippen LogP contribution in [0.2, 0.25) is 0 Å². The molecule has 2 heterocycles. The molecule has 0 radical (unpaired) electrons. The number of para-hydroxylation sites is 2. The Labute approximate surface area is 125 Å². The number of ether oxygens (including phenoxy) is 1. The Kier molecular flexibility index (Phi) is 3.62. The van der Waals surface area contributed by atoms with E-state index >= 15 is 0 Å². The van der Waals surface area contributed by atoms with Crippen LogP contribution in [-0.4, -0.2) is 24.5 Å². The Morgan fingerprint density at radius 3 is 2.81 bits per heavy atom. The molecule has 1 aliphatic heterocycles. The zero-order chi connectivity index (χ0) is 14.8. The number of carbonyl (C=O) groups is 2. The Hall–Kier alpha value is -2.34. The number of amides is 2. The van der Waals surface area contributed by atoms with Gasteiger partial charge < -0.3 is 15.4 Å². The molecule has 0 saturated carbocycles. The van der Waals surface area contributed by atoms with Crippen LogP contribution in [0.4, 0.5) is 5.69 Å². The standard InChI is InChI=1S/C15H14N2O3S/c16-15(19)13-9-17(11-5-1-2-6-12(11)20-13)14(18)8-10-4-3-7-21-10/h1-7,13H,8-9H2,(H2,16,19)/t13-/m0/s1. The number of primary amides is 1. The zero-order valence-corrected chi connectivity index (χ0v) is 12.0. The molecule has 5 nitrogen and oxygen atoms in total. The third-order valence-corrected chi connectivity index (χ3v) is 4.17. The number of anilines is 1. The van der Waals surface area contributed by atoms with E-state index in [0.717, 1.165) is 4.88 Å². The van der Waals surface area contributed by atoms with Crippen LogP contribution in [-0.2, 0) is 16.0 Å². The van der Waals surface area contributed by atoms with Crippen LogP contribution >= 0.6 is 11.3 Å². The Morgan fingerprint density at radius 1 is 1.29 bits per heavy atom. The number of fused-ring (bicyclic) bond motifs is 1. The van der Waals surface area contributed by atoms with Crippen molar-refractivity contribution >= 4 is 28.8 Å².